The van der Waals surface area contributed by atoms with Crippen LogP contribution >= 0.6 is 23.2 Å². The third kappa shape index (κ3) is 6.56. The fraction of sp³-hybridized carbons (Fsp3) is 0.622. The number of carbonyl (C=O) groups is 2. The summed E-state index contributed by atoms with van der Waals surface area (Å²) in [6.45, 7) is 11.5. The number of anilines is 2. The van der Waals surface area contributed by atoms with E-state index in [4.69, 9.17) is 37.5 Å². The lowest BCUT2D eigenvalue weighted by atomic mass is 9.55. The maximum Gasteiger partial charge on any atom is 0.323 e. The molecule has 3 fully saturated rings. The number of halogens is 2. The van der Waals surface area contributed by atoms with Gasteiger partial charge in [-0.15, -0.1) is 0 Å². The number of esters is 2. The molecule has 0 radical (unpaired) electrons. The number of nitrogens with zero attached hydrogens (tertiary/aromatic N) is 5. The number of benzene rings is 1. The van der Waals surface area contributed by atoms with Crippen molar-refractivity contribution in [3.05, 3.63) is 58.0 Å². The average molecular weight is 760 g/mol. The van der Waals surface area contributed by atoms with Crippen LogP contribution < -0.4 is 15.3 Å². The number of ether oxygens (including phenoxy) is 2. The zero-order valence-corrected chi connectivity index (χ0v) is 31.7. The van der Waals surface area contributed by atoms with E-state index < -0.39 is 47.6 Å². The molecule has 15 heteroatoms. The van der Waals surface area contributed by atoms with Gasteiger partial charge in [-0.3, -0.25) is 34.7 Å². The minimum absolute atomic E-state index is 0.0499. The highest BCUT2D eigenvalue weighted by Crippen LogP contribution is 2.53. The lowest BCUT2D eigenvalue weighted by Crippen LogP contribution is -2.66. The van der Waals surface area contributed by atoms with Crippen LogP contribution in [0.5, 0.6) is 0 Å². The van der Waals surface area contributed by atoms with Gasteiger partial charge in [-0.25, -0.2) is 4.98 Å². The molecule has 2 saturated heterocycles. The standard InChI is InChI=1S/C37H48Cl2N6O7/c1-20-15-26-24(21(2)19-44-11-13-45(14-12-44)30-18-40-17-29(39)42-30)10-9-22(3)37(26,49)33(32(20)50-23(4)46)51-34(47)28-16-36(48)25-7-6-8-27(38)31(25)43(5)52-35(36)41-28/h6-8,15,17-18,21-22,24,26,28,32-33,35,41,48-49H,9-14,16,19H2,1-5H3/t21?,22-,24+,26-,28+,32-,33+,35-,36-,37-/m1/s1. The van der Waals surface area contributed by atoms with Crippen molar-refractivity contribution in [3.8, 4) is 0 Å². The molecule has 52 heavy (non-hydrogen) atoms. The second kappa shape index (κ2) is 14.3. The van der Waals surface area contributed by atoms with Crippen molar-refractivity contribution >= 4 is 46.6 Å². The third-order valence-electron chi connectivity index (χ3n) is 12.1. The molecule has 13 nitrogen and oxygen atoms in total. The fourth-order valence-electron chi connectivity index (χ4n) is 9.35. The number of rotatable bonds is 7. The predicted octanol–water partition coefficient (Wildman–Crippen LogP) is 3.70. The first-order chi connectivity index (χ1) is 24.7. The van der Waals surface area contributed by atoms with Crippen LogP contribution in [-0.2, 0) is 29.5 Å². The molecule has 0 spiro atoms. The molecule has 1 aromatic carbocycles. The maximum atomic E-state index is 14.2. The summed E-state index contributed by atoms with van der Waals surface area (Å²) in [6.07, 6.45) is 3.75. The average Bonchev–Trinajstić information content (AvgIpc) is 3.45. The van der Waals surface area contributed by atoms with E-state index in [-0.39, 0.29) is 30.1 Å². The van der Waals surface area contributed by atoms with Gasteiger partial charge in [-0.1, -0.05) is 55.3 Å². The Kier molecular flexibility index (Phi) is 10.3. The van der Waals surface area contributed by atoms with Crippen LogP contribution in [0.2, 0.25) is 10.2 Å². The van der Waals surface area contributed by atoms with E-state index in [0.29, 0.717) is 27.8 Å². The predicted molar refractivity (Wildman–Crippen MR) is 195 cm³/mol. The molecule has 1 aromatic heterocycles. The number of hydroxylamine groups is 1. The summed E-state index contributed by atoms with van der Waals surface area (Å²) in [4.78, 5) is 45.8. The summed E-state index contributed by atoms with van der Waals surface area (Å²) in [5.41, 5.74) is -1.31. The van der Waals surface area contributed by atoms with Crippen LogP contribution in [0.4, 0.5) is 11.5 Å². The molecule has 10 atom stereocenters. The maximum absolute atomic E-state index is 14.2. The third-order valence-corrected chi connectivity index (χ3v) is 12.5. The van der Waals surface area contributed by atoms with Crippen molar-refractivity contribution in [2.45, 2.75) is 82.6 Å². The van der Waals surface area contributed by atoms with Gasteiger partial charge in [0.2, 0.25) is 0 Å². The Morgan fingerprint density at radius 1 is 1.13 bits per heavy atom. The Labute approximate surface area is 314 Å². The van der Waals surface area contributed by atoms with Gasteiger partial charge in [0.15, 0.2) is 18.4 Å². The first-order valence-corrected chi connectivity index (χ1v) is 18.9. The van der Waals surface area contributed by atoms with Crippen LogP contribution in [0.1, 0.15) is 52.5 Å². The topological polar surface area (TPSA) is 150 Å². The second-order valence-corrected chi connectivity index (χ2v) is 16.1. The van der Waals surface area contributed by atoms with Gasteiger partial charge >= 0.3 is 11.9 Å². The van der Waals surface area contributed by atoms with Crippen molar-refractivity contribution < 1.29 is 34.1 Å². The summed E-state index contributed by atoms with van der Waals surface area (Å²) in [5, 5.41) is 30.2. The van der Waals surface area contributed by atoms with Gasteiger partial charge in [0.1, 0.15) is 28.2 Å². The SMILES string of the molecule is CC(=O)O[C@@H]1C(C)=C[C@@H]2[C@H](C(C)CN3CCN(c4cncc(Cl)n4)CC3)CC[C@@H](C)[C@]2(O)[C@H]1OC(=O)[C@@H]1C[C@@]2(O)c3cccc(Cl)c3N(C)O[C@H]2N1. The Bertz CT molecular complexity index is 1730. The van der Waals surface area contributed by atoms with E-state index in [9.17, 15) is 19.8 Å². The van der Waals surface area contributed by atoms with Crippen molar-refractivity contribution in [1.82, 2.24) is 20.2 Å². The lowest BCUT2D eigenvalue weighted by molar-refractivity contribution is -0.225. The van der Waals surface area contributed by atoms with Gasteiger partial charge in [-0.2, -0.15) is 0 Å². The number of piperazine rings is 1. The molecule has 4 heterocycles. The zero-order valence-electron chi connectivity index (χ0n) is 30.2. The van der Waals surface area contributed by atoms with Crippen molar-refractivity contribution in [2.75, 3.05) is 49.7 Å². The molecular weight excluding hydrogens is 711 g/mol. The van der Waals surface area contributed by atoms with E-state index in [1.807, 2.05) is 19.9 Å². The largest absolute Gasteiger partial charge is 0.454 e. The van der Waals surface area contributed by atoms with Crippen LogP contribution in [0.15, 0.2) is 42.2 Å². The first-order valence-electron chi connectivity index (χ1n) is 18.1. The molecule has 5 aliphatic rings. The summed E-state index contributed by atoms with van der Waals surface area (Å²) in [5.74, 6) is -0.793. The molecule has 3 aliphatic heterocycles. The van der Waals surface area contributed by atoms with E-state index in [2.05, 4.69) is 32.0 Å². The van der Waals surface area contributed by atoms with Gasteiger partial charge in [0.25, 0.3) is 0 Å². The van der Waals surface area contributed by atoms with E-state index in [0.717, 1.165) is 50.5 Å². The van der Waals surface area contributed by atoms with Gasteiger partial charge in [0, 0.05) is 64.6 Å². The number of carbonyl (C=O) groups excluding carboxylic acids is 2. The number of aromatic nitrogens is 2. The highest BCUT2D eigenvalue weighted by molar-refractivity contribution is 6.33. The number of nitrogens with one attached hydrogen (secondary N) is 1. The lowest BCUT2D eigenvalue weighted by Gasteiger charge is -2.56. The quantitative estimate of drug-likeness (QED) is 0.279. The van der Waals surface area contributed by atoms with Gasteiger partial charge in [0.05, 0.1) is 23.1 Å². The molecular formula is C37H48Cl2N6O7. The minimum Gasteiger partial charge on any atom is -0.454 e. The Balaban J connectivity index is 1.10. The highest BCUT2D eigenvalue weighted by Gasteiger charge is 2.62. The molecule has 282 valence electrons. The number of fused-ring (bicyclic) bond motifs is 4. The zero-order chi connectivity index (χ0) is 37.1. The molecule has 1 unspecified atom stereocenters. The molecule has 1 saturated carbocycles. The second-order valence-electron chi connectivity index (χ2n) is 15.3. The Morgan fingerprint density at radius 3 is 2.60 bits per heavy atom. The smallest absolute Gasteiger partial charge is 0.323 e. The number of aliphatic hydroxyl groups is 2. The summed E-state index contributed by atoms with van der Waals surface area (Å²) in [7, 11) is 1.69. The molecule has 7 rings (SSSR count). The van der Waals surface area contributed by atoms with Crippen molar-refractivity contribution in [1.29, 1.82) is 0 Å². The van der Waals surface area contributed by atoms with Crippen LogP contribution in [0, 0.1) is 23.7 Å². The van der Waals surface area contributed by atoms with E-state index in [1.165, 1.54) is 18.2 Å². The number of hydrogen-bond donors (Lipinski definition) is 3. The number of hydrogen-bond acceptors (Lipinski definition) is 13. The fourth-order valence-corrected chi connectivity index (χ4v) is 9.78. The van der Waals surface area contributed by atoms with Crippen LogP contribution in [0.3, 0.4) is 0 Å². The molecule has 2 aromatic rings. The van der Waals surface area contributed by atoms with Crippen molar-refractivity contribution in [3.63, 3.8) is 0 Å². The Morgan fingerprint density at radius 2 is 1.88 bits per heavy atom. The van der Waals surface area contributed by atoms with E-state index in [1.54, 1.807) is 31.4 Å². The van der Waals surface area contributed by atoms with Gasteiger partial charge < -0.3 is 24.6 Å². The summed E-state index contributed by atoms with van der Waals surface area (Å²) in [6, 6.07) is 4.24. The molecule has 0 bridgehead atoms. The number of para-hydroxylation sites is 1. The Hall–Kier alpha value is -3.04. The molecule has 0 amide bonds. The van der Waals surface area contributed by atoms with Crippen LogP contribution in [0.25, 0.3) is 0 Å². The monoisotopic (exact) mass is 758 g/mol. The minimum atomic E-state index is -1.57. The first kappa shape index (κ1) is 37.3. The summed E-state index contributed by atoms with van der Waals surface area (Å²) < 4.78 is 12.1. The van der Waals surface area contributed by atoms with Crippen LogP contribution in [-0.4, -0.2) is 107 Å². The molecule has 2 aliphatic carbocycles. The van der Waals surface area contributed by atoms with Crippen molar-refractivity contribution in [2.24, 2.45) is 23.7 Å². The van der Waals surface area contributed by atoms with E-state index >= 15 is 0 Å². The summed E-state index contributed by atoms with van der Waals surface area (Å²) >= 11 is 12.6. The highest BCUT2D eigenvalue weighted by atomic mass is 35.5. The van der Waals surface area contributed by atoms with Gasteiger partial charge in [-0.05, 0) is 49.2 Å². The normalized spacial score (nSPS) is 35.2. The molecule has 3 N–H and O–H groups in total.